The van der Waals surface area contributed by atoms with Gasteiger partial charge in [0.25, 0.3) is 5.69 Å². The molecule has 8 nitrogen and oxygen atoms in total. The molecule has 3 rings (SSSR count). The average Bonchev–Trinajstić information content (AvgIpc) is 2.67. The highest BCUT2D eigenvalue weighted by molar-refractivity contribution is 5.94. The van der Waals surface area contributed by atoms with Gasteiger partial charge >= 0.3 is 5.97 Å². The van der Waals surface area contributed by atoms with Gasteiger partial charge in [-0.3, -0.25) is 24.6 Å². The van der Waals surface area contributed by atoms with E-state index in [2.05, 4.69) is 5.32 Å². The van der Waals surface area contributed by atoms with Crippen molar-refractivity contribution in [1.82, 2.24) is 4.90 Å². The van der Waals surface area contributed by atoms with Crippen molar-refractivity contribution < 1.29 is 19.2 Å². The normalized spacial score (nSPS) is 17.0. The summed E-state index contributed by atoms with van der Waals surface area (Å²) in [6.45, 7) is 2.98. The van der Waals surface area contributed by atoms with Crippen LogP contribution in [0.5, 0.6) is 0 Å². The van der Waals surface area contributed by atoms with E-state index < -0.39 is 22.8 Å². The van der Waals surface area contributed by atoms with Crippen molar-refractivity contribution in [3.05, 3.63) is 69.8 Å². The van der Waals surface area contributed by atoms with Crippen LogP contribution in [0.25, 0.3) is 0 Å². The fraction of sp³-hybridized carbons (Fsp3) is 0.300. The van der Waals surface area contributed by atoms with Gasteiger partial charge in [-0.2, -0.15) is 0 Å². The van der Waals surface area contributed by atoms with Crippen LogP contribution < -0.4 is 5.32 Å². The molecule has 8 heteroatoms. The number of anilines is 1. The molecule has 0 radical (unpaired) electrons. The molecule has 28 heavy (non-hydrogen) atoms. The van der Waals surface area contributed by atoms with Gasteiger partial charge in [0, 0.05) is 30.4 Å². The number of nitro groups is 1. The van der Waals surface area contributed by atoms with Crippen LogP contribution in [0.4, 0.5) is 11.4 Å². The zero-order chi connectivity index (χ0) is 20.1. The second kappa shape index (κ2) is 8.62. The minimum Gasteiger partial charge on any atom is -0.463 e. The Balaban J connectivity index is 1.69. The van der Waals surface area contributed by atoms with Gasteiger partial charge in [-0.15, -0.1) is 0 Å². The highest BCUT2D eigenvalue weighted by atomic mass is 16.6. The van der Waals surface area contributed by atoms with E-state index in [0.717, 1.165) is 5.56 Å². The topological polar surface area (TPSA) is 102 Å². The molecule has 2 aromatic rings. The van der Waals surface area contributed by atoms with Crippen LogP contribution in [0.3, 0.4) is 0 Å². The summed E-state index contributed by atoms with van der Waals surface area (Å²) in [6, 6.07) is 13.5. The van der Waals surface area contributed by atoms with Crippen molar-refractivity contribution in [1.29, 1.82) is 0 Å². The van der Waals surface area contributed by atoms with Crippen LogP contribution in [-0.2, 0) is 20.9 Å². The standard InChI is InChI=1S/C20H21N3O5/c1-14-7-8-16(11-17(14)23(26)27)21-19(24)12-18-20(25)28-10-9-22(18)13-15-5-3-2-4-6-15/h2-8,11,18H,9-10,12-13H2,1H3,(H,21,24)/t18-/m1/s1. The van der Waals surface area contributed by atoms with E-state index in [1.54, 1.807) is 19.1 Å². The molecule has 1 fully saturated rings. The van der Waals surface area contributed by atoms with E-state index in [1.807, 2.05) is 35.2 Å². The third kappa shape index (κ3) is 4.72. The molecule has 1 aliphatic heterocycles. The summed E-state index contributed by atoms with van der Waals surface area (Å²) in [5.41, 5.74) is 1.80. The number of carbonyl (C=O) groups excluding carboxylic acids is 2. The summed E-state index contributed by atoms with van der Waals surface area (Å²) >= 11 is 0. The first-order valence-electron chi connectivity index (χ1n) is 8.93. The van der Waals surface area contributed by atoms with Crippen LogP contribution in [0, 0.1) is 17.0 Å². The number of ether oxygens (including phenoxy) is 1. The number of carbonyl (C=O) groups is 2. The maximum absolute atomic E-state index is 12.5. The van der Waals surface area contributed by atoms with E-state index >= 15 is 0 Å². The minimum absolute atomic E-state index is 0.0689. The van der Waals surface area contributed by atoms with Crippen LogP contribution in [0.2, 0.25) is 0 Å². The van der Waals surface area contributed by atoms with Gasteiger partial charge in [0.15, 0.2) is 0 Å². The van der Waals surface area contributed by atoms with Crippen LogP contribution in [0.1, 0.15) is 17.5 Å². The summed E-state index contributed by atoms with van der Waals surface area (Å²) in [5, 5.41) is 13.7. The molecule has 0 spiro atoms. The highest BCUT2D eigenvalue weighted by Gasteiger charge is 2.33. The van der Waals surface area contributed by atoms with E-state index in [4.69, 9.17) is 4.74 Å². The lowest BCUT2D eigenvalue weighted by Crippen LogP contribution is -2.49. The summed E-state index contributed by atoms with van der Waals surface area (Å²) in [7, 11) is 0. The summed E-state index contributed by atoms with van der Waals surface area (Å²) in [4.78, 5) is 37.2. The van der Waals surface area contributed by atoms with E-state index in [0.29, 0.717) is 24.3 Å². The molecule has 1 heterocycles. The number of nitro benzene ring substituents is 1. The Labute approximate surface area is 162 Å². The average molecular weight is 383 g/mol. The van der Waals surface area contributed by atoms with Crippen molar-refractivity contribution in [3.8, 4) is 0 Å². The number of hydrogen-bond donors (Lipinski definition) is 1. The SMILES string of the molecule is Cc1ccc(NC(=O)C[C@@H]2C(=O)OCCN2Cc2ccccc2)cc1[N+](=O)[O-]. The second-order valence-electron chi connectivity index (χ2n) is 6.65. The Morgan fingerprint density at radius 1 is 1.29 bits per heavy atom. The molecule has 1 saturated heterocycles. The third-order valence-corrected chi connectivity index (χ3v) is 4.63. The molecule has 0 saturated carbocycles. The first kappa shape index (κ1) is 19.5. The lowest BCUT2D eigenvalue weighted by Gasteiger charge is -2.33. The van der Waals surface area contributed by atoms with E-state index in [-0.39, 0.29) is 18.7 Å². The van der Waals surface area contributed by atoms with Gasteiger partial charge in [-0.05, 0) is 18.6 Å². The fourth-order valence-corrected chi connectivity index (χ4v) is 3.16. The molecule has 146 valence electrons. The zero-order valence-corrected chi connectivity index (χ0v) is 15.5. The Morgan fingerprint density at radius 2 is 2.04 bits per heavy atom. The van der Waals surface area contributed by atoms with Crippen molar-refractivity contribution in [3.63, 3.8) is 0 Å². The number of morpholine rings is 1. The number of hydrogen-bond acceptors (Lipinski definition) is 6. The maximum Gasteiger partial charge on any atom is 0.323 e. The lowest BCUT2D eigenvalue weighted by atomic mass is 10.1. The number of nitrogens with zero attached hydrogens (tertiary/aromatic N) is 2. The minimum atomic E-state index is -0.700. The lowest BCUT2D eigenvalue weighted by molar-refractivity contribution is -0.385. The third-order valence-electron chi connectivity index (χ3n) is 4.63. The largest absolute Gasteiger partial charge is 0.463 e. The molecular formula is C20H21N3O5. The van der Waals surface area contributed by atoms with Crippen molar-refractivity contribution in [2.24, 2.45) is 0 Å². The quantitative estimate of drug-likeness (QED) is 0.467. The number of esters is 1. The number of rotatable bonds is 6. The molecular weight excluding hydrogens is 362 g/mol. The zero-order valence-electron chi connectivity index (χ0n) is 15.5. The maximum atomic E-state index is 12.5. The van der Waals surface area contributed by atoms with Crippen molar-refractivity contribution in [2.45, 2.75) is 25.9 Å². The molecule has 0 unspecified atom stereocenters. The number of cyclic esters (lactones) is 1. The molecule has 1 amide bonds. The summed E-state index contributed by atoms with van der Waals surface area (Å²) in [6.07, 6.45) is -0.0899. The first-order chi connectivity index (χ1) is 13.4. The van der Waals surface area contributed by atoms with Gasteiger partial charge in [0.1, 0.15) is 12.6 Å². The number of amides is 1. The van der Waals surface area contributed by atoms with Crippen LogP contribution >= 0.6 is 0 Å². The van der Waals surface area contributed by atoms with Gasteiger partial charge in [-0.1, -0.05) is 36.4 Å². The molecule has 1 N–H and O–H groups in total. The van der Waals surface area contributed by atoms with Gasteiger partial charge in [0.2, 0.25) is 5.91 Å². The number of nitrogens with one attached hydrogen (secondary N) is 1. The van der Waals surface area contributed by atoms with E-state index in [1.165, 1.54) is 6.07 Å². The molecule has 0 aromatic heterocycles. The molecule has 2 aromatic carbocycles. The van der Waals surface area contributed by atoms with Crippen molar-refractivity contribution in [2.75, 3.05) is 18.5 Å². The Kier molecular flexibility index (Phi) is 6.00. The van der Waals surface area contributed by atoms with Crippen molar-refractivity contribution >= 4 is 23.3 Å². The number of benzene rings is 2. The van der Waals surface area contributed by atoms with Crippen LogP contribution in [0.15, 0.2) is 48.5 Å². The first-order valence-corrected chi connectivity index (χ1v) is 8.93. The smallest absolute Gasteiger partial charge is 0.323 e. The molecule has 1 atom stereocenters. The Hall–Kier alpha value is -3.26. The van der Waals surface area contributed by atoms with Crippen LogP contribution in [-0.4, -0.2) is 40.9 Å². The monoisotopic (exact) mass is 383 g/mol. The van der Waals surface area contributed by atoms with Gasteiger partial charge in [-0.25, -0.2) is 0 Å². The number of aryl methyl sites for hydroxylation is 1. The van der Waals surface area contributed by atoms with E-state index in [9.17, 15) is 19.7 Å². The fourth-order valence-electron chi connectivity index (χ4n) is 3.16. The van der Waals surface area contributed by atoms with Gasteiger partial charge in [0.05, 0.1) is 11.3 Å². The summed E-state index contributed by atoms with van der Waals surface area (Å²) < 4.78 is 5.13. The molecule has 0 aliphatic carbocycles. The predicted octanol–water partition coefficient (Wildman–Crippen LogP) is 2.66. The Morgan fingerprint density at radius 3 is 2.75 bits per heavy atom. The van der Waals surface area contributed by atoms with Gasteiger partial charge < -0.3 is 10.1 Å². The Bertz CT molecular complexity index is 885. The summed E-state index contributed by atoms with van der Waals surface area (Å²) in [5.74, 6) is -0.840. The molecule has 0 bridgehead atoms. The second-order valence-corrected chi connectivity index (χ2v) is 6.65. The highest BCUT2D eigenvalue weighted by Crippen LogP contribution is 2.23. The predicted molar refractivity (Wildman–Crippen MR) is 103 cm³/mol. The molecule has 1 aliphatic rings.